The van der Waals surface area contributed by atoms with Gasteiger partial charge in [-0.05, 0) is 29.2 Å². The lowest BCUT2D eigenvalue weighted by Crippen LogP contribution is -2.53. The first-order valence-corrected chi connectivity index (χ1v) is 10.1. The third-order valence-electron chi connectivity index (χ3n) is 5.42. The molecule has 0 heterocycles. The topological polar surface area (TPSA) is 114 Å². The predicted octanol–water partition coefficient (Wildman–Crippen LogP) is 2.40. The molecule has 170 valence electrons. The van der Waals surface area contributed by atoms with Crippen LogP contribution in [0.5, 0.6) is 0 Å². The molecule has 0 radical (unpaired) electrons. The van der Waals surface area contributed by atoms with E-state index in [1.165, 1.54) is 14.2 Å². The quantitative estimate of drug-likeness (QED) is 0.573. The SMILES string of the molecule is CO[C@H](C)[C@H](NC(=O)OCC1c2ccccc2-c2ccccc21)C(=O)N(C)OCC(=O)O. The summed E-state index contributed by atoms with van der Waals surface area (Å²) in [7, 11) is 2.66. The molecule has 2 N–H and O–H groups in total. The Morgan fingerprint density at radius 1 is 1.06 bits per heavy atom. The van der Waals surface area contributed by atoms with Crippen molar-refractivity contribution < 1.29 is 33.8 Å². The maximum Gasteiger partial charge on any atom is 0.407 e. The lowest BCUT2D eigenvalue weighted by molar-refractivity contribution is -0.189. The van der Waals surface area contributed by atoms with Crippen LogP contribution in [-0.4, -0.2) is 67.7 Å². The molecule has 2 amide bonds. The molecule has 0 bridgehead atoms. The fourth-order valence-corrected chi connectivity index (χ4v) is 3.69. The number of aliphatic carboxylic acids is 1. The van der Waals surface area contributed by atoms with E-state index in [1.807, 2.05) is 48.5 Å². The Bertz CT molecular complexity index is 948. The summed E-state index contributed by atoms with van der Waals surface area (Å²) in [5.74, 6) is -2.02. The number of carbonyl (C=O) groups is 3. The Hall–Kier alpha value is -3.43. The maximum absolute atomic E-state index is 12.6. The van der Waals surface area contributed by atoms with E-state index in [2.05, 4.69) is 5.32 Å². The van der Waals surface area contributed by atoms with E-state index in [9.17, 15) is 14.4 Å². The van der Waals surface area contributed by atoms with Gasteiger partial charge in [0.2, 0.25) is 0 Å². The number of amides is 2. The molecule has 1 aliphatic carbocycles. The largest absolute Gasteiger partial charge is 0.479 e. The van der Waals surface area contributed by atoms with Crippen LogP contribution in [0.25, 0.3) is 11.1 Å². The Morgan fingerprint density at radius 3 is 2.16 bits per heavy atom. The van der Waals surface area contributed by atoms with Gasteiger partial charge in [0.15, 0.2) is 6.61 Å². The molecule has 2 aromatic rings. The zero-order chi connectivity index (χ0) is 23.3. The summed E-state index contributed by atoms with van der Waals surface area (Å²) in [6.07, 6.45) is -1.50. The Labute approximate surface area is 185 Å². The van der Waals surface area contributed by atoms with E-state index in [-0.39, 0.29) is 12.5 Å². The van der Waals surface area contributed by atoms with Crippen molar-refractivity contribution in [3.63, 3.8) is 0 Å². The number of likely N-dealkylation sites (N-methyl/N-ethyl adjacent to an activating group) is 1. The summed E-state index contributed by atoms with van der Waals surface area (Å²) in [5, 5.41) is 12.0. The number of alkyl carbamates (subject to hydrolysis) is 1. The number of ether oxygens (including phenoxy) is 2. The van der Waals surface area contributed by atoms with Crippen molar-refractivity contribution in [2.75, 3.05) is 27.4 Å². The lowest BCUT2D eigenvalue weighted by Gasteiger charge is -2.27. The second-order valence-electron chi connectivity index (χ2n) is 7.39. The molecule has 0 saturated heterocycles. The van der Waals surface area contributed by atoms with Crippen LogP contribution in [0.3, 0.4) is 0 Å². The van der Waals surface area contributed by atoms with E-state index in [0.29, 0.717) is 0 Å². The summed E-state index contributed by atoms with van der Waals surface area (Å²) in [5.41, 5.74) is 4.35. The van der Waals surface area contributed by atoms with Gasteiger partial charge in [-0.3, -0.25) is 9.63 Å². The van der Waals surface area contributed by atoms with Gasteiger partial charge in [0, 0.05) is 20.1 Å². The maximum atomic E-state index is 12.6. The number of nitrogens with zero attached hydrogens (tertiary/aromatic N) is 1. The van der Waals surface area contributed by atoms with Gasteiger partial charge in [-0.2, -0.15) is 0 Å². The summed E-state index contributed by atoms with van der Waals surface area (Å²) in [6, 6.07) is 14.8. The van der Waals surface area contributed by atoms with Crippen molar-refractivity contribution >= 4 is 18.0 Å². The van der Waals surface area contributed by atoms with Gasteiger partial charge < -0.3 is 19.9 Å². The molecule has 0 saturated carbocycles. The Balaban J connectivity index is 1.67. The van der Waals surface area contributed by atoms with Crippen molar-refractivity contribution in [1.29, 1.82) is 0 Å². The van der Waals surface area contributed by atoms with Gasteiger partial charge >= 0.3 is 12.1 Å². The van der Waals surface area contributed by atoms with Crippen LogP contribution in [0.1, 0.15) is 24.0 Å². The van der Waals surface area contributed by atoms with E-state index in [0.717, 1.165) is 27.3 Å². The van der Waals surface area contributed by atoms with E-state index in [1.54, 1.807) is 6.92 Å². The van der Waals surface area contributed by atoms with Gasteiger partial charge in [-0.25, -0.2) is 14.7 Å². The zero-order valence-electron chi connectivity index (χ0n) is 18.1. The molecule has 9 heteroatoms. The number of hydrogen-bond donors (Lipinski definition) is 2. The third kappa shape index (κ3) is 5.06. The van der Waals surface area contributed by atoms with Gasteiger partial charge in [0.1, 0.15) is 12.6 Å². The summed E-state index contributed by atoms with van der Waals surface area (Å²) in [4.78, 5) is 40.7. The van der Waals surface area contributed by atoms with Gasteiger partial charge in [-0.1, -0.05) is 48.5 Å². The molecule has 0 aliphatic heterocycles. The summed E-state index contributed by atoms with van der Waals surface area (Å²) >= 11 is 0. The van der Waals surface area contributed by atoms with Crippen molar-refractivity contribution in [1.82, 2.24) is 10.4 Å². The highest BCUT2D eigenvalue weighted by Gasteiger charge is 2.33. The average Bonchev–Trinajstić information content (AvgIpc) is 3.12. The minimum Gasteiger partial charge on any atom is -0.479 e. The van der Waals surface area contributed by atoms with Crippen LogP contribution >= 0.6 is 0 Å². The number of carboxylic acids is 1. The second-order valence-corrected chi connectivity index (χ2v) is 7.39. The fraction of sp³-hybridized carbons (Fsp3) is 0.348. The second kappa shape index (κ2) is 10.3. The summed E-state index contributed by atoms with van der Waals surface area (Å²) < 4.78 is 10.7. The van der Waals surface area contributed by atoms with Crippen molar-refractivity contribution in [3.8, 4) is 11.1 Å². The predicted molar refractivity (Wildman–Crippen MR) is 115 cm³/mol. The highest BCUT2D eigenvalue weighted by Crippen LogP contribution is 2.44. The molecule has 2 aromatic carbocycles. The van der Waals surface area contributed by atoms with Gasteiger partial charge in [0.25, 0.3) is 5.91 Å². The molecule has 1 aliphatic rings. The van der Waals surface area contributed by atoms with E-state index in [4.69, 9.17) is 19.4 Å². The number of rotatable bonds is 9. The lowest BCUT2D eigenvalue weighted by atomic mass is 9.98. The van der Waals surface area contributed by atoms with Crippen molar-refractivity contribution in [2.24, 2.45) is 0 Å². The van der Waals surface area contributed by atoms with Crippen LogP contribution in [-0.2, 0) is 23.9 Å². The summed E-state index contributed by atoms with van der Waals surface area (Å²) in [6.45, 7) is 0.992. The number of carboxylic acid groups (broad SMARTS) is 1. The fourth-order valence-electron chi connectivity index (χ4n) is 3.69. The average molecular weight is 442 g/mol. The highest BCUT2D eigenvalue weighted by molar-refractivity contribution is 5.85. The molecule has 2 atom stereocenters. The van der Waals surface area contributed by atoms with E-state index >= 15 is 0 Å². The Kier molecular flexibility index (Phi) is 7.45. The first kappa shape index (κ1) is 23.2. The zero-order valence-corrected chi connectivity index (χ0v) is 18.1. The minimum atomic E-state index is -1.23. The molecule has 32 heavy (non-hydrogen) atoms. The van der Waals surface area contributed by atoms with Gasteiger partial charge in [-0.15, -0.1) is 0 Å². The van der Waals surface area contributed by atoms with E-state index < -0.39 is 36.7 Å². The van der Waals surface area contributed by atoms with Crippen LogP contribution in [0.15, 0.2) is 48.5 Å². The number of hydroxylamine groups is 2. The van der Waals surface area contributed by atoms with Crippen LogP contribution < -0.4 is 5.32 Å². The number of benzene rings is 2. The number of hydrogen-bond acceptors (Lipinski definition) is 6. The smallest absolute Gasteiger partial charge is 0.407 e. The molecule has 3 rings (SSSR count). The number of carbonyl (C=O) groups excluding carboxylic acids is 2. The van der Waals surface area contributed by atoms with Crippen LogP contribution in [0, 0.1) is 0 Å². The molecule has 0 fully saturated rings. The number of methoxy groups -OCH3 is 1. The highest BCUT2D eigenvalue weighted by atomic mass is 16.7. The minimum absolute atomic E-state index is 0.0908. The Morgan fingerprint density at radius 2 is 1.62 bits per heavy atom. The van der Waals surface area contributed by atoms with Crippen LogP contribution in [0.2, 0.25) is 0 Å². The molecule has 0 aromatic heterocycles. The molecule has 0 unspecified atom stereocenters. The number of nitrogens with one attached hydrogen (secondary N) is 1. The molecular formula is C23H26N2O7. The molecule has 9 nitrogen and oxygen atoms in total. The molecule has 0 spiro atoms. The van der Waals surface area contributed by atoms with Crippen molar-refractivity contribution in [3.05, 3.63) is 59.7 Å². The standard InChI is InChI=1S/C23H26N2O7/c1-14(30-3)21(22(28)25(2)32-13-20(26)27)24-23(29)31-12-19-17-10-6-4-8-15(17)16-9-5-7-11-18(16)19/h4-11,14,19,21H,12-13H2,1-3H3,(H,24,29)(H,26,27)/t14-,21+/m1/s1. The normalized spacial score (nSPS) is 14.1. The van der Waals surface area contributed by atoms with Crippen LogP contribution in [0.4, 0.5) is 4.79 Å². The van der Waals surface area contributed by atoms with Gasteiger partial charge in [0.05, 0.1) is 6.10 Å². The molecular weight excluding hydrogens is 416 g/mol. The first-order valence-electron chi connectivity index (χ1n) is 10.1. The first-order chi connectivity index (χ1) is 15.3. The van der Waals surface area contributed by atoms with Crippen molar-refractivity contribution in [2.45, 2.75) is 25.0 Å². The number of fused-ring (bicyclic) bond motifs is 3. The monoisotopic (exact) mass is 442 g/mol. The third-order valence-corrected chi connectivity index (χ3v) is 5.42.